The maximum atomic E-state index is 5.32. The van der Waals surface area contributed by atoms with E-state index in [2.05, 4.69) is 0 Å². The summed E-state index contributed by atoms with van der Waals surface area (Å²) >= 11 is 0. The minimum atomic E-state index is -1.08. The average molecular weight is 137 g/mol. The van der Waals surface area contributed by atoms with Crippen molar-refractivity contribution in [1.29, 1.82) is 0 Å². The van der Waals surface area contributed by atoms with Crippen molar-refractivity contribution in [2.75, 3.05) is 13.2 Å². The first-order chi connectivity index (χ1) is 3.81. The molecule has 0 aliphatic heterocycles. The zero-order valence-corrected chi connectivity index (χ0v) is 6.15. The topological polar surface area (TPSA) is 44.5 Å². The van der Waals surface area contributed by atoms with Crippen molar-refractivity contribution < 1.29 is 9.05 Å². The van der Waals surface area contributed by atoms with Crippen molar-refractivity contribution in [3.63, 3.8) is 0 Å². The third-order valence-electron chi connectivity index (χ3n) is 0.513. The van der Waals surface area contributed by atoms with Gasteiger partial charge in [-0.05, 0) is 13.8 Å². The second-order valence-corrected chi connectivity index (χ2v) is 2.21. The van der Waals surface area contributed by atoms with Crippen molar-refractivity contribution in [3.05, 3.63) is 0 Å². The zero-order valence-electron chi connectivity index (χ0n) is 5.26. The van der Waals surface area contributed by atoms with Gasteiger partial charge in [-0.2, -0.15) is 0 Å². The molecule has 0 aromatic carbocycles. The lowest BCUT2D eigenvalue weighted by atomic mass is 10.9. The summed E-state index contributed by atoms with van der Waals surface area (Å²) in [4.78, 5) is 0. The fraction of sp³-hybridized carbons (Fsp3) is 1.00. The third kappa shape index (κ3) is 4.47. The lowest BCUT2D eigenvalue weighted by Crippen LogP contribution is -1.97. The van der Waals surface area contributed by atoms with Gasteiger partial charge in [0.1, 0.15) is 0 Å². The van der Waals surface area contributed by atoms with E-state index in [4.69, 9.17) is 14.6 Å². The van der Waals surface area contributed by atoms with Gasteiger partial charge < -0.3 is 9.05 Å². The number of nitrogens with two attached hydrogens (primary N) is 1. The zero-order chi connectivity index (χ0) is 6.41. The first-order valence-electron chi connectivity index (χ1n) is 2.61. The Labute approximate surface area is 51.1 Å². The van der Waals surface area contributed by atoms with Gasteiger partial charge in [-0.15, -0.1) is 0 Å². The molecule has 0 saturated carbocycles. The molecule has 0 amide bonds. The van der Waals surface area contributed by atoms with Crippen LogP contribution in [0, 0.1) is 0 Å². The van der Waals surface area contributed by atoms with Crippen LogP contribution in [0.3, 0.4) is 0 Å². The second kappa shape index (κ2) is 5.45. The number of rotatable bonds is 4. The van der Waals surface area contributed by atoms with Crippen molar-refractivity contribution in [3.8, 4) is 0 Å². The van der Waals surface area contributed by atoms with E-state index < -0.39 is 8.53 Å². The van der Waals surface area contributed by atoms with Crippen LogP contribution in [-0.4, -0.2) is 13.2 Å². The van der Waals surface area contributed by atoms with Crippen LogP contribution in [0.4, 0.5) is 0 Å². The van der Waals surface area contributed by atoms with Crippen molar-refractivity contribution in [2.24, 2.45) is 5.50 Å². The fourth-order valence-electron chi connectivity index (χ4n) is 0.292. The second-order valence-electron chi connectivity index (χ2n) is 1.12. The normalized spacial score (nSPS) is 10.5. The lowest BCUT2D eigenvalue weighted by Gasteiger charge is -2.07. The van der Waals surface area contributed by atoms with Gasteiger partial charge in [-0.1, -0.05) is 0 Å². The van der Waals surface area contributed by atoms with Gasteiger partial charge in [0.15, 0.2) is 0 Å². The predicted octanol–water partition coefficient (Wildman–Crippen LogP) is 1.25. The van der Waals surface area contributed by atoms with Crippen LogP contribution in [0.15, 0.2) is 0 Å². The Kier molecular flexibility index (Phi) is 5.66. The van der Waals surface area contributed by atoms with Crippen molar-refractivity contribution >= 4 is 8.53 Å². The Bertz CT molecular complexity index is 47.3. The van der Waals surface area contributed by atoms with Gasteiger partial charge >= 0.3 is 0 Å². The summed E-state index contributed by atoms with van der Waals surface area (Å²) in [6, 6.07) is 0. The summed E-state index contributed by atoms with van der Waals surface area (Å²) in [6.45, 7) is 5.03. The Morgan fingerprint density at radius 2 is 1.62 bits per heavy atom. The maximum Gasteiger partial charge on any atom is 0.252 e. The molecule has 0 bridgehead atoms. The van der Waals surface area contributed by atoms with Crippen LogP contribution in [0.5, 0.6) is 0 Å². The highest BCUT2D eigenvalue weighted by atomic mass is 31.2. The molecule has 0 heterocycles. The smallest absolute Gasteiger partial charge is 0.252 e. The van der Waals surface area contributed by atoms with E-state index in [1.807, 2.05) is 13.8 Å². The van der Waals surface area contributed by atoms with Crippen LogP contribution >= 0.6 is 8.53 Å². The van der Waals surface area contributed by atoms with Gasteiger partial charge in [0, 0.05) is 0 Å². The highest BCUT2D eigenvalue weighted by Crippen LogP contribution is 2.26. The summed E-state index contributed by atoms with van der Waals surface area (Å²) in [6.07, 6.45) is 0. The molecule has 0 aromatic rings. The average Bonchev–Trinajstić information content (AvgIpc) is 1.68. The van der Waals surface area contributed by atoms with Gasteiger partial charge in [0.25, 0.3) is 8.53 Å². The number of hydrogen-bond acceptors (Lipinski definition) is 3. The van der Waals surface area contributed by atoms with E-state index in [9.17, 15) is 0 Å². The predicted molar refractivity (Wildman–Crippen MR) is 34.4 cm³/mol. The molecule has 50 valence electrons. The molecule has 0 rings (SSSR count). The molecular weight excluding hydrogens is 125 g/mol. The Balaban J connectivity index is 2.92. The molecule has 0 atom stereocenters. The minimum Gasteiger partial charge on any atom is -0.323 e. The Hall–Kier alpha value is 0.310. The first kappa shape index (κ1) is 8.31. The molecule has 2 N–H and O–H groups in total. The fourth-order valence-corrected chi connectivity index (χ4v) is 0.875. The molecule has 0 aliphatic carbocycles. The van der Waals surface area contributed by atoms with E-state index in [1.165, 1.54) is 0 Å². The van der Waals surface area contributed by atoms with Crippen molar-refractivity contribution in [2.45, 2.75) is 13.8 Å². The molecule has 0 aliphatic rings. The SMILES string of the molecule is CCOP(N)OCC. The molecule has 0 spiro atoms. The summed E-state index contributed by atoms with van der Waals surface area (Å²) < 4.78 is 9.81. The van der Waals surface area contributed by atoms with Gasteiger partial charge in [-0.3, -0.25) is 5.50 Å². The molecule has 8 heavy (non-hydrogen) atoms. The molecular formula is C4H12NO2P. The number of hydrogen-bond donors (Lipinski definition) is 1. The van der Waals surface area contributed by atoms with Gasteiger partial charge in [0.05, 0.1) is 13.2 Å². The molecule has 3 nitrogen and oxygen atoms in total. The van der Waals surface area contributed by atoms with Gasteiger partial charge in [-0.25, -0.2) is 0 Å². The lowest BCUT2D eigenvalue weighted by molar-refractivity contribution is 0.270. The third-order valence-corrected chi connectivity index (χ3v) is 1.54. The van der Waals surface area contributed by atoms with E-state index >= 15 is 0 Å². The molecule has 0 saturated heterocycles. The highest BCUT2D eigenvalue weighted by Gasteiger charge is 1.97. The van der Waals surface area contributed by atoms with Crippen LogP contribution in [0.2, 0.25) is 0 Å². The van der Waals surface area contributed by atoms with Crippen LogP contribution in [0.1, 0.15) is 13.8 Å². The molecule has 0 radical (unpaired) electrons. The summed E-state index contributed by atoms with van der Waals surface area (Å²) in [7, 11) is -1.08. The van der Waals surface area contributed by atoms with E-state index in [0.717, 1.165) is 0 Å². The maximum absolute atomic E-state index is 5.32. The summed E-state index contributed by atoms with van der Waals surface area (Å²) in [5, 5.41) is 0. The standard InChI is InChI=1S/C4H12NO2P/c1-3-6-8(5)7-4-2/h3-5H2,1-2H3. The molecule has 4 heteroatoms. The van der Waals surface area contributed by atoms with E-state index in [0.29, 0.717) is 13.2 Å². The summed E-state index contributed by atoms with van der Waals surface area (Å²) in [5.41, 5.74) is 5.32. The Morgan fingerprint density at radius 1 is 1.25 bits per heavy atom. The van der Waals surface area contributed by atoms with Gasteiger partial charge in [0.2, 0.25) is 0 Å². The monoisotopic (exact) mass is 137 g/mol. The van der Waals surface area contributed by atoms with Crippen LogP contribution < -0.4 is 5.50 Å². The van der Waals surface area contributed by atoms with E-state index in [-0.39, 0.29) is 0 Å². The Morgan fingerprint density at radius 3 is 1.88 bits per heavy atom. The van der Waals surface area contributed by atoms with Crippen LogP contribution in [0.25, 0.3) is 0 Å². The molecule has 0 unspecified atom stereocenters. The molecule has 0 fully saturated rings. The minimum absolute atomic E-state index is 0.627. The van der Waals surface area contributed by atoms with Crippen molar-refractivity contribution in [1.82, 2.24) is 0 Å². The summed E-state index contributed by atoms with van der Waals surface area (Å²) in [5.74, 6) is 0. The largest absolute Gasteiger partial charge is 0.323 e. The van der Waals surface area contributed by atoms with E-state index in [1.54, 1.807) is 0 Å². The van der Waals surface area contributed by atoms with Crippen LogP contribution in [-0.2, 0) is 9.05 Å². The highest BCUT2D eigenvalue weighted by molar-refractivity contribution is 7.44. The first-order valence-corrected chi connectivity index (χ1v) is 3.86. The molecule has 0 aromatic heterocycles. The quantitative estimate of drug-likeness (QED) is 0.593.